The lowest BCUT2D eigenvalue weighted by atomic mass is 10.1. The number of amidine groups is 1. The molecule has 1 saturated heterocycles. The number of amides is 2. The lowest BCUT2D eigenvalue weighted by Crippen LogP contribution is -2.50. The van der Waals surface area contributed by atoms with E-state index in [2.05, 4.69) is 35.6 Å². The van der Waals surface area contributed by atoms with Gasteiger partial charge >= 0.3 is 0 Å². The zero-order chi connectivity index (χ0) is 18.7. The van der Waals surface area contributed by atoms with Crippen LogP contribution >= 0.6 is 11.8 Å². The molecule has 0 aliphatic carbocycles. The number of benzene rings is 1. The Kier molecular flexibility index (Phi) is 5.36. The predicted octanol–water partition coefficient (Wildman–Crippen LogP) is 2.45. The van der Waals surface area contributed by atoms with E-state index in [4.69, 9.17) is 0 Å². The fourth-order valence-corrected chi connectivity index (χ4v) is 3.97. The first-order valence-electron chi connectivity index (χ1n) is 8.69. The van der Waals surface area contributed by atoms with Crippen molar-refractivity contribution in [2.45, 2.75) is 18.6 Å². The monoisotopic (exact) mass is 372 g/mol. The van der Waals surface area contributed by atoms with Crippen molar-refractivity contribution in [1.29, 1.82) is 0 Å². The number of piperazine rings is 1. The molecule has 2 aliphatic heterocycles. The summed E-state index contributed by atoms with van der Waals surface area (Å²) in [5, 5.41) is 3.78. The number of anilines is 1. The maximum atomic E-state index is 12.7. The molecule has 6 nitrogen and oxygen atoms in total. The van der Waals surface area contributed by atoms with Gasteiger partial charge in [-0.1, -0.05) is 18.3 Å². The van der Waals surface area contributed by atoms with Crippen molar-refractivity contribution in [3.63, 3.8) is 0 Å². The van der Waals surface area contributed by atoms with Crippen LogP contribution in [-0.4, -0.2) is 64.3 Å². The van der Waals surface area contributed by atoms with Crippen molar-refractivity contribution in [2.75, 3.05) is 38.0 Å². The van der Waals surface area contributed by atoms with E-state index in [1.165, 1.54) is 6.08 Å². The molecule has 0 spiro atoms. The Hall–Kier alpha value is -2.28. The van der Waals surface area contributed by atoms with E-state index in [9.17, 15) is 9.59 Å². The summed E-state index contributed by atoms with van der Waals surface area (Å²) >= 11 is 1.82. The summed E-state index contributed by atoms with van der Waals surface area (Å²) in [4.78, 5) is 32.8. The van der Waals surface area contributed by atoms with E-state index in [1.807, 2.05) is 16.7 Å². The molecule has 0 unspecified atom stereocenters. The maximum Gasteiger partial charge on any atom is 0.253 e. The minimum absolute atomic E-state index is 0.0209. The van der Waals surface area contributed by atoms with Crippen LogP contribution in [0.5, 0.6) is 0 Å². The van der Waals surface area contributed by atoms with Crippen LogP contribution in [0.4, 0.5) is 5.69 Å². The van der Waals surface area contributed by atoms with E-state index >= 15 is 0 Å². The molecule has 2 aliphatic rings. The molecule has 26 heavy (non-hydrogen) atoms. The molecule has 1 N–H and O–H groups in total. The first kappa shape index (κ1) is 18.5. The smallest absolute Gasteiger partial charge is 0.253 e. The summed E-state index contributed by atoms with van der Waals surface area (Å²) in [5.74, 6) is -0.247. The number of carbonyl (C=O) groups excluding carboxylic acids is 2. The van der Waals surface area contributed by atoms with Gasteiger partial charge in [0.1, 0.15) is 0 Å². The molecule has 1 aromatic carbocycles. The van der Waals surface area contributed by atoms with E-state index in [0.29, 0.717) is 24.3 Å². The topological polar surface area (TPSA) is 65.0 Å². The van der Waals surface area contributed by atoms with Crippen LogP contribution < -0.4 is 5.32 Å². The van der Waals surface area contributed by atoms with Crippen LogP contribution in [-0.2, 0) is 4.79 Å². The van der Waals surface area contributed by atoms with Gasteiger partial charge in [0.15, 0.2) is 5.17 Å². The molecule has 138 valence electrons. The van der Waals surface area contributed by atoms with Crippen LogP contribution in [0.15, 0.2) is 41.9 Å². The van der Waals surface area contributed by atoms with E-state index in [1.54, 1.807) is 24.3 Å². The van der Waals surface area contributed by atoms with Crippen molar-refractivity contribution in [3.05, 3.63) is 42.5 Å². The van der Waals surface area contributed by atoms with Gasteiger partial charge in [0.2, 0.25) is 5.91 Å². The number of nitrogens with one attached hydrogen (secondary N) is 1. The molecule has 0 bridgehead atoms. The lowest BCUT2D eigenvalue weighted by molar-refractivity contribution is -0.111. The molecule has 3 rings (SSSR count). The summed E-state index contributed by atoms with van der Waals surface area (Å²) in [5.41, 5.74) is 1.28. The summed E-state index contributed by atoms with van der Waals surface area (Å²) < 4.78 is 0.172. The van der Waals surface area contributed by atoms with E-state index < -0.39 is 0 Å². The highest BCUT2D eigenvalue weighted by Crippen LogP contribution is 2.33. The third kappa shape index (κ3) is 4.27. The Bertz CT molecular complexity index is 734. The Balaban J connectivity index is 1.55. The molecule has 0 atom stereocenters. The summed E-state index contributed by atoms with van der Waals surface area (Å²) in [6.07, 6.45) is 1.21. The van der Waals surface area contributed by atoms with Gasteiger partial charge in [-0.15, -0.1) is 0 Å². The van der Waals surface area contributed by atoms with E-state index in [0.717, 1.165) is 24.8 Å². The van der Waals surface area contributed by atoms with Gasteiger partial charge in [-0.2, -0.15) is 0 Å². The summed E-state index contributed by atoms with van der Waals surface area (Å²) in [6, 6.07) is 6.95. The van der Waals surface area contributed by atoms with Crippen LogP contribution in [0.25, 0.3) is 0 Å². The average Bonchev–Trinajstić information content (AvgIpc) is 3.01. The Morgan fingerprint density at radius 2 is 1.85 bits per heavy atom. The van der Waals surface area contributed by atoms with Gasteiger partial charge in [0.05, 0.1) is 6.54 Å². The number of thioether (sulfide) groups is 1. The number of aliphatic imine (C=N–C) groups is 1. The van der Waals surface area contributed by atoms with E-state index in [-0.39, 0.29) is 16.6 Å². The maximum absolute atomic E-state index is 12.7. The first-order chi connectivity index (χ1) is 12.4. The summed E-state index contributed by atoms with van der Waals surface area (Å²) in [7, 11) is 0. The number of nitrogens with zero attached hydrogens (tertiary/aromatic N) is 3. The van der Waals surface area contributed by atoms with Gasteiger partial charge in [0.25, 0.3) is 5.91 Å². The second kappa shape index (κ2) is 7.53. The summed E-state index contributed by atoms with van der Waals surface area (Å²) in [6.45, 7) is 11.7. The second-order valence-electron chi connectivity index (χ2n) is 7.01. The molecule has 0 saturated carbocycles. The highest BCUT2D eigenvalue weighted by Gasteiger charge is 2.32. The van der Waals surface area contributed by atoms with Crippen molar-refractivity contribution in [1.82, 2.24) is 9.80 Å². The Labute approximate surface area is 158 Å². The van der Waals surface area contributed by atoms with Crippen LogP contribution in [0.1, 0.15) is 24.2 Å². The quantitative estimate of drug-likeness (QED) is 0.828. The second-order valence-corrected chi connectivity index (χ2v) is 8.68. The molecular weight excluding hydrogens is 348 g/mol. The van der Waals surface area contributed by atoms with Gasteiger partial charge in [-0.25, -0.2) is 0 Å². The number of rotatable bonds is 3. The number of hydrogen-bond acceptors (Lipinski definition) is 5. The van der Waals surface area contributed by atoms with Crippen LogP contribution in [0, 0.1) is 0 Å². The van der Waals surface area contributed by atoms with Gasteiger partial charge in [-0.3, -0.25) is 14.6 Å². The number of carbonyl (C=O) groups is 2. The van der Waals surface area contributed by atoms with Crippen molar-refractivity contribution < 1.29 is 9.59 Å². The fraction of sp³-hybridized carbons (Fsp3) is 0.421. The van der Waals surface area contributed by atoms with Crippen LogP contribution in [0.3, 0.4) is 0 Å². The average molecular weight is 372 g/mol. The lowest BCUT2D eigenvalue weighted by Gasteiger charge is -2.36. The molecule has 1 fully saturated rings. The Morgan fingerprint density at radius 3 is 2.38 bits per heavy atom. The molecule has 2 heterocycles. The SMILES string of the molecule is C=CC(=O)Nc1ccc(C(=O)N2CCN(C3=NCC(C)(C)S3)CC2)cc1. The standard InChI is InChI=1S/C19H24N4O2S/c1-4-16(24)21-15-7-5-14(6-8-15)17(25)22-9-11-23(12-10-22)18-20-13-19(2,3)26-18/h4-8H,1,9-13H2,2-3H3,(H,21,24). The van der Waals surface area contributed by atoms with Crippen molar-refractivity contribution >= 4 is 34.4 Å². The molecular formula is C19H24N4O2S. The molecule has 2 amide bonds. The minimum Gasteiger partial charge on any atom is -0.348 e. The van der Waals surface area contributed by atoms with Crippen molar-refractivity contribution in [2.24, 2.45) is 4.99 Å². The largest absolute Gasteiger partial charge is 0.348 e. The van der Waals surface area contributed by atoms with Crippen LogP contribution in [0.2, 0.25) is 0 Å². The third-order valence-corrected chi connectivity index (χ3v) is 5.64. The Morgan fingerprint density at radius 1 is 1.19 bits per heavy atom. The van der Waals surface area contributed by atoms with Gasteiger partial charge in [-0.05, 0) is 44.2 Å². The number of hydrogen-bond donors (Lipinski definition) is 1. The third-order valence-electron chi connectivity index (χ3n) is 4.38. The molecule has 7 heteroatoms. The van der Waals surface area contributed by atoms with Gasteiger partial charge in [0, 0.05) is 42.2 Å². The molecule has 1 aromatic rings. The normalized spacial score (nSPS) is 19.1. The first-order valence-corrected chi connectivity index (χ1v) is 9.51. The van der Waals surface area contributed by atoms with Gasteiger partial charge < -0.3 is 15.1 Å². The predicted molar refractivity (Wildman–Crippen MR) is 107 cm³/mol. The highest BCUT2D eigenvalue weighted by molar-refractivity contribution is 8.15. The zero-order valence-electron chi connectivity index (χ0n) is 15.2. The van der Waals surface area contributed by atoms with Crippen molar-refractivity contribution in [3.8, 4) is 0 Å². The molecule has 0 radical (unpaired) electrons. The fourth-order valence-electron chi connectivity index (χ4n) is 2.91. The zero-order valence-corrected chi connectivity index (χ0v) is 16.0. The highest BCUT2D eigenvalue weighted by atomic mass is 32.2. The minimum atomic E-state index is -0.268. The molecule has 0 aromatic heterocycles.